The van der Waals surface area contributed by atoms with Gasteiger partial charge in [-0.25, -0.2) is 0 Å². The van der Waals surface area contributed by atoms with E-state index in [4.69, 9.17) is 0 Å². The molecule has 0 amide bonds. The molecule has 0 aliphatic carbocycles. The minimum absolute atomic E-state index is 0.265. The van der Waals surface area contributed by atoms with Crippen LogP contribution in [0.2, 0.25) is 0 Å². The van der Waals surface area contributed by atoms with Crippen molar-refractivity contribution >= 4 is 0 Å². The minimum Gasteiger partial charge on any atom is -0.396 e. The Morgan fingerprint density at radius 2 is 0.564 bits per heavy atom. The Balaban J connectivity index is 3.76. The van der Waals surface area contributed by atoms with Gasteiger partial charge in [-0.15, -0.1) is 0 Å². The van der Waals surface area contributed by atoms with Crippen LogP contribution in [0.5, 0.6) is 0 Å². The second-order valence-electron chi connectivity index (χ2n) is 12.6. The molecule has 236 valence electrons. The molecule has 2 unspecified atom stereocenters. The number of hydrogen-bond acceptors (Lipinski definition) is 3. The molecule has 0 aliphatic rings. The lowest BCUT2D eigenvalue weighted by Gasteiger charge is -2.25. The smallest absolute Gasteiger partial charge is 0.0445 e. The van der Waals surface area contributed by atoms with Gasteiger partial charge in [0.25, 0.3) is 0 Å². The zero-order valence-electron chi connectivity index (χ0n) is 27.2. The van der Waals surface area contributed by atoms with Gasteiger partial charge in [0, 0.05) is 25.3 Å². The Hall–Kier alpha value is -0.120. The molecule has 0 saturated heterocycles. The van der Waals surface area contributed by atoms with E-state index in [2.05, 4.69) is 19.2 Å². The zero-order valence-corrected chi connectivity index (χ0v) is 27.2. The Morgan fingerprint density at radius 1 is 0.333 bits per heavy atom. The van der Waals surface area contributed by atoms with E-state index in [0.717, 1.165) is 12.8 Å². The lowest BCUT2D eigenvalue weighted by atomic mass is 9.99. The molecule has 0 aromatic carbocycles. The van der Waals surface area contributed by atoms with E-state index in [-0.39, 0.29) is 13.2 Å². The Labute approximate surface area is 247 Å². The summed E-state index contributed by atoms with van der Waals surface area (Å²) in [4.78, 5) is 0. The molecule has 0 radical (unpaired) electrons. The maximum Gasteiger partial charge on any atom is 0.0445 e. The van der Waals surface area contributed by atoms with Crippen LogP contribution in [0, 0.1) is 0 Å². The van der Waals surface area contributed by atoms with Gasteiger partial charge in [-0.1, -0.05) is 181 Å². The van der Waals surface area contributed by atoms with Crippen molar-refractivity contribution in [3.05, 3.63) is 0 Å². The predicted octanol–water partition coefficient (Wildman–Crippen LogP) is 11.0. The van der Waals surface area contributed by atoms with Gasteiger partial charge >= 0.3 is 0 Å². The van der Waals surface area contributed by atoms with Crippen molar-refractivity contribution in [1.82, 2.24) is 5.32 Å². The monoisotopic (exact) mass is 554 g/mol. The van der Waals surface area contributed by atoms with Crippen molar-refractivity contribution in [2.45, 2.75) is 219 Å². The Bertz CT molecular complexity index is 392. The van der Waals surface area contributed by atoms with E-state index >= 15 is 0 Å². The molecular formula is C36H75NO2. The first-order valence-electron chi connectivity index (χ1n) is 18.3. The topological polar surface area (TPSA) is 52.5 Å². The average Bonchev–Trinajstić information content (AvgIpc) is 2.94. The Kier molecular flexibility index (Phi) is 34.0. The highest BCUT2D eigenvalue weighted by Crippen LogP contribution is 2.17. The molecule has 0 fully saturated rings. The fourth-order valence-corrected chi connectivity index (χ4v) is 6.08. The number of unbranched alkanes of at least 4 members (excludes halogenated alkanes) is 24. The minimum atomic E-state index is 0.265. The largest absolute Gasteiger partial charge is 0.396 e. The maximum absolute atomic E-state index is 9.59. The quantitative estimate of drug-likeness (QED) is 0.0694. The summed E-state index contributed by atoms with van der Waals surface area (Å²) in [5.74, 6) is 0. The van der Waals surface area contributed by atoms with Crippen LogP contribution < -0.4 is 5.32 Å². The van der Waals surface area contributed by atoms with Crippen LogP contribution in [0.25, 0.3) is 0 Å². The van der Waals surface area contributed by atoms with Crippen molar-refractivity contribution < 1.29 is 10.2 Å². The third-order valence-electron chi connectivity index (χ3n) is 8.74. The number of aliphatic hydroxyl groups is 2. The van der Waals surface area contributed by atoms with Gasteiger partial charge in [0.1, 0.15) is 0 Å². The first-order valence-corrected chi connectivity index (χ1v) is 18.3. The van der Waals surface area contributed by atoms with Crippen molar-refractivity contribution in [1.29, 1.82) is 0 Å². The van der Waals surface area contributed by atoms with E-state index in [0.29, 0.717) is 12.1 Å². The van der Waals surface area contributed by atoms with Gasteiger partial charge < -0.3 is 15.5 Å². The summed E-state index contributed by atoms with van der Waals surface area (Å²) in [5, 5.41) is 23.0. The summed E-state index contributed by atoms with van der Waals surface area (Å²) >= 11 is 0. The summed E-state index contributed by atoms with van der Waals surface area (Å²) in [6.45, 7) is 5.11. The van der Waals surface area contributed by atoms with E-state index in [1.807, 2.05) is 0 Å². The van der Waals surface area contributed by atoms with Gasteiger partial charge in [-0.3, -0.25) is 0 Å². The lowest BCUT2D eigenvalue weighted by molar-refractivity contribution is 0.224. The summed E-state index contributed by atoms with van der Waals surface area (Å²) in [6.07, 6.45) is 40.2. The summed E-state index contributed by atoms with van der Waals surface area (Å²) in [7, 11) is 0. The van der Waals surface area contributed by atoms with E-state index in [1.54, 1.807) is 0 Å². The summed E-state index contributed by atoms with van der Waals surface area (Å²) in [6, 6.07) is 0.808. The van der Waals surface area contributed by atoms with E-state index in [9.17, 15) is 10.2 Å². The first-order chi connectivity index (χ1) is 19.3. The van der Waals surface area contributed by atoms with Gasteiger partial charge in [-0.05, 0) is 25.7 Å². The molecule has 3 N–H and O–H groups in total. The molecule has 39 heavy (non-hydrogen) atoms. The fourth-order valence-electron chi connectivity index (χ4n) is 6.08. The Morgan fingerprint density at radius 3 is 0.795 bits per heavy atom. The predicted molar refractivity (Wildman–Crippen MR) is 175 cm³/mol. The highest BCUT2D eigenvalue weighted by Gasteiger charge is 2.14. The van der Waals surface area contributed by atoms with E-state index in [1.165, 1.54) is 180 Å². The molecule has 0 aromatic heterocycles. The van der Waals surface area contributed by atoms with Crippen molar-refractivity contribution in [2.24, 2.45) is 0 Å². The van der Waals surface area contributed by atoms with Crippen molar-refractivity contribution in [3.63, 3.8) is 0 Å². The second-order valence-corrected chi connectivity index (χ2v) is 12.6. The SMILES string of the molecule is CCCCCCCCCCCCCCCC(CCO)NC(CCO)CCCCCCCCCCCCCCC. The van der Waals surface area contributed by atoms with Crippen LogP contribution in [-0.4, -0.2) is 35.5 Å². The average molecular weight is 554 g/mol. The summed E-state index contributed by atoms with van der Waals surface area (Å²) < 4.78 is 0. The molecule has 0 saturated carbocycles. The highest BCUT2D eigenvalue weighted by atomic mass is 16.3. The third-order valence-corrected chi connectivity index (χ3v) is 8.74. The molecule has 0 aliphatic heterocycles. The number of aliphatic hydroxyl groups excluding tert-OH is 2. The van der Waals surface area contributed by atoms with Gasteiger partial charge in [-0.2, -0.15) is 0 Å². The van der Waals surface area contributed by atoms with Crippen LogP contribution in [0.15, 0.2) is 0 Å². The molecule has 0 aromatic rings. The fraction of sp³-hybridized carbons (Fsp3) is 1.00. The zero-order chi connectivity index (χ0) is 28.5. The van der Waals surface area contributed by atoms with E-state index < -0.39 is 0 Å². The molecule has 3 heteroatoms. The second kappa shape index (κ2) is 34.1. The standard InChI is InChI=1S/C36H75NO2/c1-3-5-7-9-11-13-15-17-19-21-23-25-27-29-35(31-33-38)37-36(32-34-39)30-28-26-24-22-20-18-16-14-12-10-8-6-4-2/h35-39H,3-34H2,1-2H3. The van der Waals surface area contributed by atoms with Crippen molar-refractivity contribution in [3.8, 4) is 0 Å². The third kappa shape index (κ3) is 30.7. The van der Waals surface area contributed by atoms with Gasteiger partial charge in [0.2, 0.25) is 0 Å². The summed E-state index contributed by atoms with van der Waals surface area (Å²) in [5.41, 5.74) is 0. The van der Waals surface area contributed by atoms with Gasteiger partial charge in [0.05, 0.1) is 0 Å². The lowest BCUT2D eigenvalue weighted by Crippen LogP contribution is -2.39. The molecular weight excluding hydrogens is 478 g/mol. The molecule has 0 rings (SSSR count). The number of rotatable bonds is 34. The van der Waals surface area contributed by atoms with Crippen LogP contribution in [-0.2, 0) is 0 Å². The molecule has 3 nitrogen and oxygen atoms in total. The molecule has 2 atom stereocenters. The van der Waals surface area contributed by atoms with Crippen molar-refractivity contribution in [2.75, 3.05) is 13.2 Å². The molecule has 0 spiro atoms. The van der Waals surface area contributed by atoms with Crippen LogP contribution in [0.1, 0.15) is 206 Å². The molecule has 0 heterocycles. The number of hydrogen-bond donors (Lipinski definition) is 3. The maximum atomic E-state index is 9.59. The number of nitrogens with one attached hydrogen (secondary N) is 1. The highest BCUT2D eigenvalue weighted by molar-refractivity contribution is 4.75. The van der Waals surface area contributed by atoms with Crippen LogP contribution in [0.4, 0.5) is 0 Å². The van der Waals surface area contributed by atoms with Gasteiger partial charge in [0.15, 0.2) is 0 Å². The normalized spacial score (nSPS) is 13.2. The van der Waals surface area contributed by atoms with Crippen LogP contribution >= 0.6 is 0 Å². The first kappa shape index (κ1) is 38.9. The van der Waals surface area contributed by atoms with Crippen LogP contribution in [0.3, 0.4) is 0 Å². The molecule has 0 bridgehead atoms.